The van der Waals surface area contributed by atoms with Gasteiger partial charge in [-0.3, -0.25) is 4.79 Å². The molecule has 0 unspecified atom stereocenters. The highest BCUT2D eigenvalue weighted by molar-refractivity contribution is 9.11. The molecule has 0 saturated carbocycles. The topological polar surface area (TPSA) is 88.4 Å². The number of para-hydroxylation sites is 1. The summed E-state index contributed by atoms with van der Waals surface area (Å²) in [5, 5.41) is 8.08. The number of halogens is 1. The third-order valence-electron chi connectivity index (χ3n) is 4.44. The molecule has 1 fully saturated rings. The Hall–Kier alpha value is -1.82. The first kappa shape index (κ1) is 18.5. The van der Waals surface area contributed by atoms with Gasteiger partial charge in [-0.15, -0.1) is 16.4 Å². The molecule has 2 aromatic heterocycles. The van der Waals surface area contributed by atoms with Crippen molar-refractivity contribution in [3.63, 3.8) is 0 Å². The minimum Gasteiger partial charge on any atom is -0.338 e. The summed E-state index contributed by atoms with van der Waals surface area (Å²) in [6, 6.07) is 10.8. The molecule has 1 aromatic carbocycles. The number of carbonyl (C=O) groups is 1. The molecular weight excluding hydrogens is 454 g/mol. The van der Waals surface area contributed by atoms with E-state index in [1.54, 1.807) is 21.7 Å². The quantitative estimate of drug-likeness (QED) is 0.580. The molecule has 0 radical (unpaired) electrons. The second kappa shape index (κ2) is 7.30. The lowest BCUT2D eigenvalue weighted by molar-refractivity contribution is -0.133. The zero-order valence-corrected chi connectivity index (χ0v) is 17.4. The van der Waals surface area contributed by atoms with E-state index in [9.17, 15) is 13.2 Å². The zero-order chi connectivity index (χ0) is 19.0. The van der Waals surface area contributed by atoms with Crippen LogP contribution in [-0.4, -0.2) is 64.7 Å². The number of rotatable bonds is 4. The summed E-state index contributed by atoms with van der Waals surface area (Å²) in [7, 11) is -3.51. The number of fused-ring (bicyclic) bond motifs is 1. The first-order valence-corrected chi connectivity index (χ1v) is 11.3. The molecule has 1 aliphatic rings. The zero-order valence-electron chi connectivity index (χ0n) is 14.2. The summed E-state index contributed by atoms with van der Waals surface area (Å²) >= 11 is 4.48. The Bertz CT molecular complexity index is 1090. The molecule has 1 saturated heterocycles. The molecule has 8 nitrogen and oxygen atoms in total. The van der Waals surface area contributed by atoms with Crippen LogP contribution in [0.5, 0.6) is 0 Å². The summed E-state index contributed by atoms with van der Waals surface area (Å²) in [4.78, 5) is 14.3. The van der Waals surface area contributed by atoms with Crippen LogP contribution in [0, 0.1) is 0 Å². The number of piperazine rings is 1. The second-order valence-corrected chi connectivity index (χ2v) is 10.7. The van der Waals surface area contributed by atoms with Gasteiger partial charge in [0.1, 0.15) is 16.3 Å². The Morgan fingerprint density at radius 3 is 2.56 bits per heavy atom. The van der Waals surface area contributed by atoms with Gasteiger partial charge in [0.05, 0.1) is 9.30 Å². The van der Waals surface area contributed by atoms with Gasteiger partial charge >= 0.3 is 0 Å². The summed E-state index contributed by atoms with van der Waals surface area (Å²) in [6.07, 6.45) is 0. The average molecular weight is 470 g/mol. The molecule has 0 bridgehead atoms. The SMILES string of the molecule is O=C(Cn1nnc2ccccc21)N1CCN(S(=O)(=O)c2ccc(Br)s2)CC1. The lowest BCUT2D eigenvalue weighted by atomic mass is 10.3. The lowest BCUT2D eigenvalue weighted by Crippen LogP contribution is -2.51. The third-order valence-corrected chi connectivity index (χ3v) is 8.43. The minimum absolute atomic E-state index is 0.0884. The largest absolute Gasteiger partial charge is 0.338 e. The number of thiophene rings is 1. The molecule has 0 spiro atoms. The van der Waals surface area contributed by atoms with E-state index in [0.29, 0.717) is 17.3 Å². The third kappa shape index (κ3) is 3.64. The van der Waals surface area contributed by atoms with E-state index < -0.39 is 10.0 Å². The number of sulfonamides is 1. The first-order valence-electron chi connectivity index (χ1n) is 8.26. The van der Waals surface area contributed by atoms with Crippen LogP contribution in [0.15, 0.2) is 44.4 Å². The predicted molar refractivity (Wildman–Crippen MR) is 105 cm³/mol. The average Bonchev–Trinajstić information content (AvgIpc) is 3.29. The van der Waals surface area contributed by atoms with Crippen molar-refractivity contribution in [3.05, 3.63) is 40.2 Å². The Balaban J connectivity index is 1.41. The van der Waals surface area contributed by atoms with E-state index in [-0.39, 0.29) is 25.5 Å². The van der Waals surface area contributed by atoms with Gasteiger partial charge in [-0.1, -0.05) is 17.3 Å². The molecule has 11 heteroatoms. The fourth-order valence-electron chi connectivity index (χ4n) is 3.00. The summed E-state index contributed by atoms with van der Waals surface area (Å²) in [6.45, 7) is 1.36. The normalized spacial score (nSPS) is 16.1. The molecule has 0 atom stereocenters. The van der Waals surface area contributed by atoms with Crippen molar-refractivity contribution < 1.29 is 13.2 Å². The first-order chi connectivity index (χ1) is 12.9. The highest BCUT2D eigenvalue weighted by Crippen LogP contribution is 2.29. The highest BCUT2D eigenvalue weighted by Gasteiger charge is 2.31. The molecule has 1 aliphatic heterocycles. The van der Waals surface area contributed by atoms with E-state index in [4.69, 9.17) is 0 Å². The van der Waals surface area contributed by atoms with Crippen LogP contribution in [0.2, 0.25) is 0 Å². The van der Waals surface area contributed by atoms with E-state index >= 15 is 0 Å². The van der Waals surface area contributed by atoms with Gasteiger partial charge < -0.3 is 4.90 Å². The Labute approximate surface area is 168 Å². The molecule has 27 heavy (non-hydrogen) atoms. The fraction of sp³-hybridized carbons (Fsp3) is 0.312. The number of benzene rings is 1. The van der Waals surface area contributed by atoms with Crippen molar-refractivity contribution in [2.24, 2.45) is 0 Å². The van der Waals surface area contributed by atoms with Gasteiger partial charge in [-0.2, -0.15) is 4.31 Å². The smallest absolute Gasteiger partial charge is 0.252 e. The monoisotopic (exact) mass is 469 g/mol. The maximum Gasteiger partial charge on any atom is 0.252 e. The highest BCUT2D eigenvalue weighted by atomic mass is 79.9. The van der Waals surface area contributed by atoms with Gasteiger partial charge in [-0.25, -0.2) is 13.1 Å². The maximum absolute atomic E-state index is 12.7. The molecular formula is C16H16BrN5O3S2. The van der Waals surface area contributed by atoms with Gasteiger partial charge in [0, 0.05) is 26.2 Å². The number of nitrogens with zero attached hydrogens (tertiary/aromatic N) is 5. The van der Waals surface area contributed by atoms with Crippen LogP contribution in [-0.2, 0) is 21.4 Å². The van der Waals surface area contributed by atoms with Crippen molar-refractivity contribution in [1.29, 1.82) is 0 Å². The van der Waals surface area contributed by atoms with Gasteiger partial charge in [0.25, 0.3) is 10.0 Å². The Morgan fingerprint density at radius 2 is 1.85 bits per heavy atom. The second-order valence-electron chi connectivity index (χ2n) is 6.08. The fourth-order valence-corrected chi connectivity index (χ4v) is 6.59. The number of amides is 1. The maximum atomic E-state index is 12.7. The summed E-state index contributed by atoms with van der Waals surface area (Å²) < 4.78 is 29.4. The lowest BCUT2D eigenvalue weighted by Gasteiger charge is -2.33. The van der Waals surface area contributed by atoms with Crippen LogP contribution >= 0.6 is 27.3 Å². The van der Waals surface area contributed by atoms with Crippen LogP contribution in [0.4, 0.5) is 0 Å². The molecule has 3 aromatic rings. The van der Waals surface area contributed by atoms with Crippen molar-refractivity contribution >= 4 is 54.2 Å². The van der Waals surface area contributed by atoms with E-state index in [2.05, 4.69) is 26.2 Å². The molecule has 0 N–H and O–H groups in total. The van der Waals surface area contributed by atoms with Crippen molar-refractivity contribution in [2.75, 3.05) is 26.2 Å². The van der Waals surface area contributed by atoms with E-state index in [1.165, 1.54) is 15.6 Å². The number of hydrogen-bond acceptors (Lipinski definition) is 6. The van der Waals surface area contributed by atoms with Crippen LogP contribution in [0.1, 0.15) is 0 Å². The Morgan fingerprint density at radius 1 is 1.11 bits per heavy atom. The van der Waals surface area contributed by atoms with Crippen LogP contribution in [0.3, 0.4) is 0 Å². The van der Waals surface area contributed by atoms with E-state index in [0.717, 1.165) is 14.8 Å². The molecule has 4 rings (SSSR count). The number of carbonyl (C=O) groups excluding carboxylic acids is 1. The van der Waals surface area contributed by atoms with Crippen molar-refractivity contribution in [1.82, 2.24) is 24.2 Å². The standard InChI is InChI=1S/C16H16BrN5O3S2/c17-14-5-6-16(26-14)27(24,25)21-9-7-20(8-10-21)15(23)11-22-13-4-2-1-3-12(13)18-19-22/h1-6H,7-11H2. The van der Waals surface area contributed by atoms with Gasteiger partial charge in [0.15, 0.2) is 0 Å². The molecule has 3 heterocycles. The predicted octanol–water partition coefficient (Wildman–Crippen LogP) is 1.79. The molecule has 142 valence electrons. The van der Waals surface area contributed by atoms with Crippen molar-refractivity contribution in [3.8, 4) is 0 Å². The van der Waals surface area contributed by atoms with Crippen LogP contribution in [0.25, 0.3) is 11.0 Å². The Kier molecular flexibility index (Phi) is 5.01. The number of hydrogen-bond donors (Lipinski definition) is 0. The number of aromatic nitrogens is 3. The van der Waals surface area contributed by atoms with Gasteiger partial charge in [0.2, 0.25) is 5.91 Å². The van der Waals surface area contributed by atoms with Gasteiger partial charge in [-0.05, 0) is 40.2 Å². The summed E-state index contributed by atoms with van der Waals surface area (Å²) in [5.74, 6) is -0.0958. The summed E-state index contributed by atoms with van der Waals surface area (Å²) in [5.41, 5.74) is 1.54. The molecule has 1 amide bonds. The molecule has 0 aliphatic carbocycles. The van der Waals surface area contributed by atoms with Crippen molar-refractivity contribution in [2.45, 2.75) is 10.8 Å². The van der Waals surface area contributed by atoms with E-state index in [1.807, 2.05) is 24.3 Å². The minimum atomic E-state index is -3.51. The van der Waals surface area contributed by atoms with Crippen LogP contribution < -0.4 is 0 Å².